The van der Waals surface area contributed by atoms with Crippen LogP contribution in [0.1, 0.15) is 51.9 Å². The number of carboxylic acid groups (broad SMARTS) is 1. The van der Waals surface area contributed by atoms with Crippen molar-refractivity contribution in [2.45, 2.75) is 57.3 Å². The van der Waals surface area contributed by atoms with Crippen molar-refractivity contribution >= 4 is 18.6 Å². The predicted octanol–water partition coefficient (Wildman–Crippen LogP) is 3.09. The molecule has 0 bridgehead atoms. The van der Waals surface area contributed by atoms with Crippen molar-refractivity contribution in [1.29, 1.82) is 0 Å². The summed E-state index contributed by atoms with van der Waals surface area (Å²) in [5.41, 5.74) is -0.968. The van der Waals surface area contributed by atoms with E-state index in [0.717, 1.165) is 12.8 Å². The molecule has 0 aromatic carbocycles. The van der Waals surface area contributed by atoms with E-state index in [1.807, 2.05) is 0 Å². The Morgan fingerprint density at radius 3 is 2.27 bits per heavy atom. The fourth-order valence-corrected chi connectivity index (χ4v) is 1.43. The molecule has 0 saturated carbocycles. The van der Waals surface area contributed by atoms with E-state index in [0.29, 0.717) is 6.61 Å². The largest absolute Gasteiger partial charge is 0.479 e. The molecule has 15 heavy (non-hydrogen) atoms. The van der Waals surface area contributed by atoms with Crippen LogP contribution in [0.25, 0.3) is 0 Å². The van der Waals surface area contributed by atoms with E-state index in [2.05, 4.69) is 19.6 Å². The second-order valence-electron chi connectivity index (χ2n) is 3.68. The minimum absolute atomic E-state index is 0.494. The summed E-state index contributed by atoms with van der Waals surface area (Å²) < 4.78 is 5.00. The first-order chi connectivity index (χ1) is 7.18. The van der Waals surface area contributed by atoms with E-state index >= 15 is 0 Å². The van der Waals surface area contributed by atoms with Crippen LogP contribution in [0.2, 0.25) is 0 Å². The lowest BCUT2D eigenvalue weighted by Gasteiger charge is -2.07. The smallest absolute Gasteiger partial charge is 0.343 e. The van der Waals surface area contributed by atoms with Crippen molar-refractivity contribution in [2.75, 3.05) is 6.61 Å². The molecule has 0 aliphatic heterocycles. The van der Waals surface area contributed by atoms with Crippen molar-refractivity contribution in [2.24, 2.45) is 0 Å². The van der Waals surface area contributed by atoms with E-state index in [9.17, 15) is 4.79 Å². The summed E-state index contributed by atoms with van der Waals surface area (Å²) >= 11 is 3.77. The van der Waals surface area contributed by atoms with Crippen LogP contribution in [-0.2, 0) is 9.53 Å². The van der Waals surface area contributed by atoms with E-state index in [1.54, 1.807) is 0 Å². The van der Waals surface area contributed by atoms with Crippen molar-refractivity contribution in [3.05, 3.63) is 0 Å². The Labute approximate surface area is 97.6 Å². The van der Waals surface area contributed by atoms with Crippen molar-refractivity contribution in [1.82, 2.24) is 0 Å². The second-order valence-corrected chi connectivity index (χ2v) is 4.15. The molecule has 0 aromatic rings. The van der Waals surface area contributed by atoms with Gasteiger partial charge in [0.25, 0.3) is 0 Å². The van der Waals surface area contributed by atoms with Crippen molar-refractivity contribution in [3.8, 4) is 0 Å². The molecule has 0 aliphatic carbocycles. The molecule has 0 fully saturated rings. The van der Waals surface area contributed by atoms with Gasteiger partial charge in [-0.1, -0.05) is 45.4 Å². The van der Waals surface area contributed by atoms with Gasteiger partial charge < -0.3 is 9.84 Å². The predicted molar refractivity (Wildman–Crippen MR) is 64.4 cm³/mol. The van der Waals surface area contributed by atoms with Crippen LogP contribution in [0.4, 0.5) is 0 Å². The molecule has 4 heteroatoms. The van der Waals surface area contributed by atoms with Crippen LogP contribution in [0, 0.1) is 0 Å². The molecule has 3 nitrogen and oxygen atoms in total. The summed E-state index contributed by atoms with van der Waals surface area (Å²) in [6.45, 7) is 2.70. The summed E-state index contributed by atoms with van der Waals surface area (Å²) in [4.78, 5) is 10.3. The summed E-state index contributed by atoms with van der Waals surface area (Å²) in [7, 11) is 0. The van der Waals surface area contributed by atoms with Crippen LogP contribution >= 0.6 is 12.6 Å². The summed E-state index contributed by atoms with van der Waals surface area (Å²) in [6, 6.07) is 0. The van der Waals surface area contributed by atoms with Gasteiger partial charge in [0.05, 0.1) is 0 Å². The highest BCUT2D eigenvalue weighted by Gasteiger charge is 2.10. The van der Waals surface area contributed by atoms with Crippen LogP contribution < -0.4 is 0 Å². The maximum absolute atomic E-state index is 10.3. The summed E-state index contributed by atoms with van der Waals surface area (Å²) in [5, 5.41) is 8.48. The van der Waals surface area contributed by atoms with Crippen LogP contribution in [-0.4, -0.2) is 23.1 Å². The number of rotatable bonds is 10. The van der Waals surface area contributed by atoms with Crippen molar-refractivity contribution in [3.63, 3.8) is 0 Å². The molecular formula is C11H22O3S. The first-order valence-electron chi connectivity index (χ1n) is 5.71. The minimum Gasteiger partial charge on any atom is -0.479 e. The zero-order valence-corrected chi connectivity index (χ0v) is 10.3. The van der Waals surface area contributed by atoms with Gasteiger partial charge in [-0.25, -0.2) is 4.79 Å². The molecule has 90 valence electrons. The standard InChI is InChI=1S/C11H22O3S/c1-2-3-4-5-6-7-8-9-14-11(15)10(12)13/h11,15H,2-9H2,1H3,(H,12,13). The molecule has 0 heterocycles. The Morgan fingerprint density at radius 2 is 1.73 bits per heavy atom. The number of ether oxygens (including phenoxy) is 1. The normalized spacial score (nSPS) is 12.7. The Balaban J connectivity index is 3.08. The molecule has 1 atom stereocenters. The lowest BCUT2D eigenvalue weighted by molar-refractivity contribution is -0.144. The van der Waals surface area contributed by atoms with Gasteiger partial charge in [-0.05, 0) is 6.42 Å². The number of hydrogen-bond acceptors (Lipinski definition) is 3. The fraction of sp³-hybridized carbons (Fsp3) is 0.909. The SMILES string of the molecule is CCCCCCCCCOC(S)C(=O)O. The molecule has 0 aromatic heterocycles. The average molecular weight is 234 g/mol. The first-order valence-corrected chi connectivity index (χ1v) is 6.22. The van der Waals surface area contributed by atoms with Gasteiger partial charge in [-0.15, -0.1) is 12.6 Å². The van der Waals surface area contributed by atoms with Gasteiger partial charge >= 0.3 is 5.97 Å². The molecule has 0 spiro atoms. The Morgan fingerprint density at radius 1 is 1.20 bits per heavy atom. The van der Waals surface area contributed by atoms with Gasteiger partial charge in [0.1, 0.15) is 0 Å². The molecule has 0 rings (SSSR count). The lowest BCUT2D eigenvalue weighted by Crippen LogP contribution is -2.17. The summed E-state index contributed by atoms with van der Waals surface area (Å²) in [6.07, 6.45) is 8.42. The molecule has 0 saturated heterocycles. The van der Waals surface area contributed by atoms with Crippen molar-refractivity contribution < 1.29 is 14.6 Å². The molecule has 0 amide bonds. The number of unbranched alkanes of at least 4 members (excludes halogenated alkanes) is 6. The quantitative estimate of drug-likeness (QED) is 0.347. The van der Waals surface area contributed by atoms with Crippen LogP contribution in [0.3, 0.4) is 0 Å². The molecule has 0 radical (unpaired) electrons. The Hall–Kier alpha value is -0.220. The number of thiol groups is 1. The van der Waals surface area contributed by atoms with Gasteiger partial charge in [-0.2, -0.15) is 0 Å². The van der Waals surface area contributed by atoms with Crippen LogP contribution in [0.15, 0.2) is 0 Å². The van der Waals surface area contributed by atoms with E-state index in [4.69, 9.17) is 9.84 Å². The van der Waals surface area contributed by atoms with E-state index < -0.39 is 11.4 Å². The fourth-order valence-electron chi connectivity index (χ4n) is 1.33. The summed E-state index contributed by atoms with van der Waals surface area (Å²) in [5.74, 6) is -1.01. The molecule has 1 N–H and O–H groups in total. The number of carbonyl (C=O) groups is 1. The molecular weight excluding hydrogens is 212 g/mol. The lowest BCUT2D eigenvalue weighted by atomic mass is 10.1. The highest BCUT2D eigenvalue weighted by Crippen LogP contribution is 2.07. The third-order valence-corrected chi connectivity index (χ3v) is 2.60. The Kier molecular flexibility index (Phi) is 10.2. The highest BCUT2D eigenvalue weighted by molar-refractivity contribution is 7.81. The van der Waals surface area contributed by atoms with Gasteiger partial charge in [-0.3, -0.25) is 0 Å². The van der Waals surface area contributed by atoms with E-state index in [1.165, 1.54) is 32.1 Å². The number of aliphatic carboxylic acids is 1. The molecule has 1 unspecified atom stereocenters. The Bertz CT molecular complexity index is 162. The third kappa shape index (κ3) is 10.1. The number of hydrogen-bond donors (Lipinski definition) is 2. The van der Waals surface area contributed by atoms with Gasteiger partial charge in [0.15, 0.2) is 5.44 Å². The highest BCUT2D eigenvalue weighted by atomic mass is 32.1. The maximum atomic E-state index is 10.3. The molecule has 0 aliphatic rings. The zero-order chi connectivity index (χ0) is 11.5. The monoisotopic (exact) mass is 234 g/mol. The second kappa shape index (κ2) is 10.3. The first kappa shape index (κ1) is 14.8. The maximum Gasteiger partial charge on any atom is 0.343 e. The number of carboxylic acids is 1. The topological polar surface area (TPSA) is 46.5 Å². The van der Waals surface area contributed by atoms with Gasteiger partial charge in [0, 0.05) is 6.61 Å². The van der Waals surface area contributed by atoms with E-state index in [-0.39, 0.29) is 0 Å². The third-order valence-electron chi connectivity index (χ3n) is 2.23. The minimum atomic E-state index is -1.01. The average Bonchev–Trinajstić information content (AvgIpc) is 2.21. The van der Waals surface area contributed by atoms with Gasteiger partial charge in [0.2, 0.25) is 0 Å². The zero-order valence-electron chi connectivity index (χ0n) is 9.45. The van der Waals surface area contributed by atoms with Crippen LogP contribution in [0.5, 0.6) is 0 Å².